The first kappa shape index (κ1) is 18.6. The van der Waals surface area contributed by atoms with Gasteiger partial charge in [0.2, 0.25) is 5.91 Å². The predicted octanol–water partition coefficient (Wildman–Crippen LogP) is 4.77. The highest BCUT2D eigenvalue weighted by molar-refractivity contribution is 5.91. The number of hydrogen-bond acceptors (Lipinski definition) is 4. The van der Waals surface area contributed by atoms with E-state index in [0.29, 0.717) is 17.9 Å². The Morgan fingerprint density at radius 2 is 1.90 bits per heavy atom. The first-order chi connectivity index (χ1) is 14.2. The average Bonchev–Trinajstić information content (AvgIpc) is 3.47. The Kier molecular flexibility index (Phi) is 5.42. The highest BCUT2D eigenvalue weighted by Crippen LogP contribution is 2.26. The van der Waals surface area contributed by atoms with E-state index in [1.807, 2.05) is 77.6 Å². The van der Waals surface area contributed by atoms with Gasteiger partial charge in [0.25, 0.3) is 0 Å². The van der Waals surface area contributed by atoms with E-state index in [-0.39, 0.29) is 11.9 Å². The van der Waals surface area contributed by atoms with Gasteiger partial charge >= 0.3 is 0 Å². The molecule has 0 aliphatic rings. The molecular formula is C23H21N3O3. The molecule has 0 radical (unpaired) electrons. The number of anilines is 1. The molecule has 0 fully saturated rings. The Morgan fingerprint density at radius 3 is 2.59 bits per heavy atom. The third kappa shape index (κ3) is 4.38. The molecule has 0 bridgehead atoms. The van der Waals surface area contributed by atoms with Crippen LogP contribution in [0, 0.1) is 0 Å². The van der Waals surface area contributed by atoms with Crippen molar-refractivity contribution < 1.29 is 14.1 Å². The van der Waals surface area contributed by atoms with Crippen LogP contribution in [-0.4, -0.2) is 22.7 Å². The number of nitrogens with zero attached hydrogens (tertiary/aromatic N) is 2. The summed E-state index contributed by atoms with van der Waals surface area (Å²) in [6.07, 6.45) is 5.82. The van der Waals surface area contributed by atoms with Crippen LogP contribution in [0.2, 0.25) is 0 Å². The van der Waals surface area contributed by atoms with Crippen LogP contribution < -0.4 is 10.1 Å². The van der Waals surface area contributed by atoms with Crippen LogP contribution in [0.1, 0.15) is 18.0 Å². The first-order valence-corrected chi connectivity index (χ1v) is 9.30. The summed E-state index contributed by atoms with van der Waals surface area (Å²) in [7, 11) is 1.64. The van der Waals surface area contributed by atoms with Crippen molar-refractivity contribution >= 4 is 11.6 Å². The predicted molar refractivity (Wildman–Crippen MR) is 111 cm³/mol. The molecule has 0 aliphatic heterocycles. The molecule has 4 rings (SSSR count). The molecule has 2 heterocycles. The molecule has 1 unspecified atom stereocenters. The van der Waals surface area contributed by atoms with E-state index in [0.717, 1.165) is 16.9 Å². The van der Waals surface area contributed by atoms with Gasteiger partial charge in [-0.25, -0.2) is 0 Å². The van der Waals surface area contributed by atoms with Gasteiger partial charge in [-0.15, -0.1) is 0 Å². The zero-order valence-corrected chi connectivity index (χ0v) is 16.0. The minimum Gasteiger partial charge on any atom is -0.497 e. The molecule has 6 heteroatoms. The summed E-state index contributed by atoms with van der Waals surface area (Å²) in [4.78, 5) is 12.8. The summed E-state index contributed by atoms with van der Waals surface area (Å²) in [6.45, 7) is 0. The van der Waals surface area contributed by atoms with Crippen LogP contribution >= 0.6 is 0 Å². The van der Waals surface area contributed by atoms with E-state index in [9.17, 15) is 4.79 Å². The Bertz CT molecular complexity index is 1060. The maximum atomic E-state index is 12.8. The lowest BCUT2D eigenvalue weighted by molar-refractivity contribution is -0.116. The van der Waals surface area contributed by atoms with Crippen LogP contribution in [0.25, 0.3) is 11.3 Å². The second-order valence-electron chi connectivity index (χ2n) is 6.63. The molecule has 0 aliphatic carbocycles. The number of carbonyl (C=O) groups is 1. The highest BCUT2D eigenvalue weighted by Gasteiger charge is 2.18. The molecule has 2 aromatic heterocycles. The van der Waals surface area contributed by atoms with E-state index >= 15 is 0 Å². The van der Waals surface area contributed by atoms with Gasteiger partial charge in [0, 0.05) is 29.7 Å². The van der Waals surface area contributed by atoms with Crippen molar-refractivity contribution in [1.82, 2.24) is 9.72 Å². The summed E-state index contributed by atoms with van der Waals surface area (Å²) in [5, 5.41) is 6.72. The van der Waals surface area contributed by atoms with E-state index in [4.69, 9.17) is 9.26 Å². The summed E-state index contributed by atoms with van der Waals surface area (Å²) in [5.74, 6) is 1.37. The third-order valence-electron chi connectivity index (χ3n) is 4.74. The maximum absolute atomic E-state index is 12.8. The Morgan fingerprint density at radius 1 is 1.10 bits per heavy atom. The van der Waals surface area contributed by atoms with Gasteiger partial charge in [-0.3, -0.25) is 4.79 Å². The monoisotopic (exact) mass is 387 g/mol. The third-order valence-corrected chi connectivity index (χ3v) is 4.74. The van der Waals surface area contributed by atoms with Crippen molar-refractivity contribution in [1.29, 1.82) is 0 Å². The second kappa shape index (κ2) is 8.48. The lowest BCUT2D eigenvalue weighted by Crippen LogP contribution is -2.19. The van der Waals surface area contributed by atoms with Gasteiger partial charge in [0.15, 0.2) is 5.76 Å². The van der Waals surface area contributed by atoms with Gasteiger partial charge in [-0.05, 0) is 42.0 Å². The van der Waals surface area contributed by atoms with Crippen LogP contribution in [0.5, 0.6) is 5.75 Å². The molecule has 1 N–H and O–H groups in total. The quantitative estimate of drug-likeness (QED) is 0.496. The Labute approximate surface area is 168 Å². The number of carbonyl (C=O) groups excluding carboxylic acids is 1. The molecule has 1 amide bonds. The normalized spacial score (nSPS) is 11.8. The lowest BCUT2D eigenvalue weighted by atomic mass is 10.0. The fraction of sp³-hybridized carbons (Fsp3) is 0.130. The van der Waals surface area contributed by atoms with E-state index in [2.05, 4.69) is 10.5 Å². The number of amides is 1. The van der Waals surface area contributed by atoms with E-state index in [1.165, 1.54) is 0 Å². The van der Waals surface area contributed by atoms with Crippen molar-refractivity contribution in [3.63, 3.8) is 0 Å². The number of ether oxygens (including phenoxy) is 1. The molecule has 6 nitrogen and oxygen atoms in total. The minimum absolute atomic E-state index is 0.0748. The van der Waals surface area contributed by atoms with E-state index in [1.54, 1.807) is 19.4 Å². The largest absolute Gasteiger partial charge is 0.497 e. The number of methoxy groups -OCH3 is 1. The number of aromatic nitrogens is 2. The van der Waals surface area contributed by atoms with Crippen LogP contribution in [0.3, 0.4) is 0 Å². The molecule has 29 heavy (non-hydrogen) atoms. The summed E-state index contributed by atoms with van der Waals surface area (Å²) < 4.78 is 12.5. The fourth-order valence-corrected chi connectivity index (χ4v) is 3.28. The van der Waals surface area contributed by atoms with Gasteiger partial charge in [0.05, 0.1) is 25.8 Å². The van der Waals surface area contributed by atoms with Crippen molar-refractivity contribution in [2.45, 2.75) is 12.5 Å². The number of hydrogen-bond donors (Lipinski definition) is 1. The van der Waals surface area contributed by atoms with E-state index < -0.39 is 0 Å². The molecule has 2 aromatic carbocycles. The topological polar surface area (TPSA) is 69.3 Å². The zero-order valence-electron chi connectivity index (χ0n) is 16.0. The number of rotatable bonds is 7. The Hall–Kier alpha value is -3.80. The SMILES string of the molecule is COc1ccc(C(CC(=O)Nc2cccc(-c3ccno3)c2)n2cccc2)cc1. The number of nitrogens with one attached hydrogen (secondary N) is 1. The van der Waals surface area contributed by atoms with Gasteiger partial charge in [-0.1, -0.05) is 29.4 Å². The standard InChI is InChI=1S/C23H21N3O3/c1-28-20-9-7-17(8-10-20)21(26-13-2-3-14-26)16-23(27)25-19-6-4-5-18(15-19)22-11-12-24-29-22/h2-15,21H,16H2,1H3,(H,25,27). The van der Waals surface area contributed by atoms with Gasteiger partial charge in [-0.2, -0.15) is 0 Å². The minimum atomic E-state index is -0.117. The van der Waals surface area contributed by atoms with Crippen molar-refractivity contribution in [2.24, 2.45) is 0 Å². The van der Waals surface area contributed by atoms with Crippen LogP contribution in [0.15, 0.2) is 89.8 Å². The van der Waals surface area contributed by atoms with Crippen molar-refractivity contribution in [3.05, 3.63) is 90.9 Å². The van der Waals surface area contributed by atoms with Gasteiger partial charge < -0.3 is 19.1 Å². The summed E-state index contributed by atoms with van der Waals surface area (Å²) >= 11 is 0. The summed E-state index contributed by atoms with van der Waals surface area (Å²) in [6, 6.07) is 20.9. The lowest BCUT2D eigenvalue weighted by Gasteiger charge is -2.20. The highest BCUT2D eigenvalue weighted by atomic mass is 16.5. The van der Waals surface area contributed by atoms with Gasteiger partial charge in [0.1, 0.15) is 5.75 Å². The number of benzene rings is 2. The van der Waals surface area contributed by atoms with Crippen LogP contribution in [-0.2, 0) is 4.79 Å². The maximum Gasteiger partial charge on any atom is 0.226 e. The Balaban J connectivity index is 1.52. The molecule has 1 atom stereocenters. The summed E-state index contributed by atoms with van der Waals surface area (Å²) in [5.41, 5.74) is 2.61. The second-order valence-corrected chi connectivity index (χ2v) is 6.63. The molecule has 4 aromatic rings. The molecule has 0 saturated heterocycles. The molecular weight excluding hydrogens is 366 g/mol. The first-order valence-electron chi connectivity index (χ1n) is 9.30. The molecule has 146 valence electrons. The zero-order chi connectivity index (χ0) is 20.1. The van der Waals surface area contributed by atoms with Crippen LogP contribution in [0.4, 0.5) is 5.69 Å². The average molecular weight is 387 g/mol. The smallest absolute Gasteiger partial charge is 0.226 e. The fourth-order valence-electron chi connectivity index (χ4n) is 3.28. The van der Waals surface area contributed by atoms with Crippen molar-refractivity contribution in [2.75, 3.05) is 12.4 Å². The molecule has 0 spiro atoms. The molecule has 0 saturated carbocycles. The van der Waals surface area contributed by atoms with Crippen molar-refractivity contribution in [3.8, 4) is 17.1 Å².